The summed E-state index contributed by atoms with van der Waals surface area (Å²) < 4.78 is 10.1. The third kappa shape index (κ3) is 6.58. The molecule has 0 spiro atoms. The summed E-state index contributed by atoms with van der Waals surface area (Å²) in [5.41, 5.74) is 13.2. The van der Waals surface area contributed by atoms with E-state index < -0.39 is 0 Å². The molecule has 6 heterocycles. The highest BCUT2D eigenvalue weighted by molar-refractivity contribution is 7.27. The monoisotopic (exact) mass is 1000 g/mol. The predicted octanol–water partition coefficient (Wildman–Crippen LogP) is 18.5. The minimum atomic E-state index is 0.576. The number of thiophene rings is 2. The van der Waals surface area contributed by atoms with E-state index in [0.29, 0.717) is 17.5 Å². The molecule has 0 amide bonds. The molecule has 6 aromatic heterocycles. The standard InChI is InChI=1S/C68H40N6S2/c1-3-17-41(18-4-1)66-70-67(42-19-5-2-6-20-42)72-68(71-66)49-32-31-44(73-55-26-11-7-23-50(55)62-58(73)36-33-47-45-21-9-13-28-60(45)75-64(47)62)40-52(49)53-39-43(54-25-15-16-38-69-54)30-35-57(53)74-56-27-12-8-24-51(56)63-59(74)37-34-48-46-22-10-14-29-61(46)76-65(48)63/h1-40H. The predicted molar refractivity (Wildman–Crippen MR) is 319 cm³/mol. The normalized spacial score (nSPS) is 11.9. The van der Waals surface area contributed by atoms with Gasteiger partial charge in [0.15, 0.2) is 17.5 Å². The quantitative estimate of drug-likeness (QED) is 0.160. The maximum absolute atomic E-state index is 5.42. The number of benzene rings is 10. The molecule has 16 aromatic rings. The molecule has 0 aliphatic carbocycles. The first kappa shape index (κ1) is 42.9. The molecule has 6 nitrogen and oxygen atoms in total. The van der Waals surface area contributed by atoms with E-state index >= 15 is 0 Å². The molecular formula is C68H40N6S2. The van der Waals surface area contributed by atoms with Gasteiger partial charge in [0.05, 0.1) is 33.4 Å². The first-order chi connectivity index (χ1) is 37.7. The number of aromatic nitrogens is 6. The number of nitrogens with zero attached hydrogens (tertiary/aromatic N) is 6. The Balaban J connectivity index is 1.04. The fraction of sp³-hybridized carbons (Fsp3) is 0. The molecule has 354 valence electrons. The lowest BCUT2D eigenvalue weighted by Crippen LogP contribution is -2.04. The highest BCUT2D eigenvalue weighted by Gasteiger charge is 2.25. The number of rotatable bonds is 7. The first-order valence-electron chi connectivity index (χ1n) is 25.4. The third-order valence-corrected chi connectivity index (χ3v) is 17.5. The second kappa shape index (κ2) is 17.0. The molecule has 0 aliphatic heterocycles. The SMILES string of the molecule is c1ccc(-c2nc(-c3ccccc3)nc(-c3ccc(-n4c5ccccc5c5c6sc7ccccc7c6ccc54)cc3-c3cc(-c4ccccn4)ccc3-n3c4ccccc4c4c5sc6ccccc6c5ccc43)n2)cc1. The van der Waals surface area contributed by atoms with Gasteiger partial charge in [-0.15, -0.1) is 22.7 Å². The maximum Gasteiger partial charge on any atom is 0.164 e. The lowest BCUT2D eigenvalue weighted by atomic mass is 9.93. The van der Waals surface area contributed by atoms with Gasteiger partial charge in [0, 0.05) is 102 Å². The van der Waals surface area contributed by atoms with Gasteiger partial charge < -0.3 is 9.13 Å². The van der Waals surface area contributed by atoms with E-state index in [1.54, 1.807) is 0 Å². The van der Waals surface area contributed by atoms with Crippen LogP contribution in [-0.4, -0.2) is 29.1 Å². The van der Waals surface area contributed by atoms with Gasteiger partial charge in [-0.25, -0.2) is 15.0 Å². The zero-order valence-corrected chi connectivity index (χ0v) is 42.2. The molecule has 10 aromatic carbocycles. The van der Waals surface area contributed by atoms with E-state index in [0.717, 1.165) is 72.5 Å². The molecule has 0 saturated heterocycles. The van der Waals surface area contributed by atoms with Gasteiger partial charge >= 0.3 is 0 Å². The summed E-state index contributed by atoms with van der Waals surface area (Å²) in [6, 6.07) is 84.8. The van der Waals surface area contributed by atoms with Gasteiger partial charge in [-0.3, -0.25) is 4.98 Å². The van der Waals surface area contributed by atoms with Gasteiger partial charge in [-0.1, -0.05) is 158 Å². The number of pyridine rings is 1. The zero-order chi connectivity index (χ0) is 49.8. The molecule has 0 N–H and O–H groups in total. The highest BCUT2D eigenvalue weighted by atomic mass is 32.1. The summed E-state index contributed by atoms with van der Waals surface area (Å²) in [4.78, 5) is 20.9. The Morgan fingerprint density at radius 1 is 0.316 bits per heavy atom. The number of fused-ring (bicyclic) bond motifs is 14. The van der Waals surface area contributed by atoms with Crippen LogP contribution in [0.4, 0.5) is 0 Å². The van der Waals surface area contributed by atoms with Crippen LogP contribution in [-0.2, 0) is 0 Å². The smallest absolute Gasteiger partial charge is 0.164 e. The van der Waals surface area contributed by atoms with Crippen molar-refractivity contribution in [2.24, 2.45) is 0 Å². The summed E-state index contributed by atoms with van der Waals surface area (Å²) in [7, 11) is 0. The van der Waals surface area contributed by atoms with E-state index in [1.807, 2.05) is 71.3 Å². The summed E-state index contributed by atoms with van der Waals surface area (Å²) >= 11 is 3.74. The van der Waals surface area contributed by atoms with Gasteiger partial charge in [0.1, 0.15) is 0 Å². The number of para-hydroxylation sites is 2. The molecular weight excluding hydrogens is 965 g/mol. The first-order valence-corrected chi connectivity index (χ1v) is 27.1. The lowest BCUT2D eigenvalue weighted by Gasteiger charge is -2.20. The Kier molecular flexibility index (Phi) is 9.57. The Labute approximate surface area is 443 Å². The van der Waals surface area contributed by atoms with Crippen molar-refractivity contribution in [1.82, 2.24) is 29.1 Å². The molecule has 0 saturated carbocycles. The molecule has 0 atom stereocenters. The lowest BCUT2D eigenvalue weighted by molar-refractivity contribution is 1.07. The maximum atomic E-state index is 5.42. The molecule has 0 fully saturated rings. The van der Waals surface area contributed by atoms with Crippen molar-refractivity contribution in [3.05, 3.63) is 243 Å². The van der Waals surface area contributed by atoms with Gasteiger partial charge in [0.2, 0.25) is 0 Å². The molecule has 8 heteroatoms. The Hall–Kier alpha value is -9.60. The molecule has 16 rings (SSSR count). The van der Waals surface area contributed by atoms with Crippen LogP contribution in [0.2, 0.25) is 0 Å². The minimum Gasteiger partial charge on any atom is -0.309 e. The van der Waals surface area contributed by atoms with Crippen LogP contribution in [0.25, 0.3) is 152 Å². The van der Waals surface area contributed by atoms with Crippen LogP contribution in [0.5, 0.6) is 0 Å². The van der Waals surface area contributed by atoms with Crippen molar-refractivity contribution in [2.45, 2.75) is 0 Å². The van der Waals surface area contributed by atoms with Crippen LogP contribution in [0.1, 0.15) is 0 Å². The van der Waals surface area contributed by atoms with Gasteiger partial charge in [-0.05, 0) is 84.4 Å². The summed E-state index contributed by atoms with van der Waals surface area (Å²) in [6.45, 7) is 0. The average Bonchev–Trinajstić information content (AvgIpc) is 4.37. The molecule has 76 heavy (non-hydrogen) atoms. The molecule has 0 bridgehead atoms. The third-order valence-electron chi connectivity index (χ3n) is 15.1. The van der Waals surface area contributed by atoms with Crippen molar-refractivity contribution in [1.29, 1.82) is 0 Å². The number of hydrogen-bond donors (Lipinski definition) is 0. The van der Waals surface area contributed by atoms with Crippen LogP contribution in [0, 0.1) is 0 Å². The van der Waals surface area contributed by atoms with Crippen molar-refractivity contribution >= 4 is 107 Å². The fourth-order valence-electron chi connectivity index (χ4n) is 11.7. The summed E-state index contributed by atoms with van der Waals surface area (Å²) in [6.07, 6.45) is 1.87. The van der Waals surface area contributed by atoms with Crippen LogP contribution in [0.3, 0.4) is 0 Å². The number of hydrogen-bond acceptors (Lipinski definition) is 6. The van der Waals surface area contributed by atoms with Crippen LogP contribution < -0.4 is 0 Å². The zero-order valence-electron chi connectivity index (χ0n) is 40.6. The van der Waals surface area contributed by atoms with Gasteiger partial charge in [0.25, 0.3) is 0 Å². The average molecular weight is 1010 g/mol. The second-order valence-corrected chi connectivity index (χ2v) is 21.4. The van der Waals surface area contributed by atoms with E-state index in [4.69, 9.17) is 19.9 Å². The minimum absolute atomic E-state index is 0.576. The van der Waals surface area contributed by atoms with E-state index in [9.17, 15) is 0 Å². The highest BCUT2D eigenvalue weighted by Crippen LogP contribution is 2.48. The Bertz CT molecular complexity index is 4940. The van der Waals surface area contributed by atoms with Crippen LogP contribution in [0.15, 0.2) is 243 Å². The summed E-state index contributed by atoms with van der Waals surface area (Å²) in [5, 5.41) is 10.0. The van der Waals surface area contributed by atoms with Crippen molar-refractivity contribution in [3.63, 3.8) is 0 Å². The Morgan fingerprint density at radius 3 is 1.45 bits per heavy atom. The summed E-state index contributed by atoms with van der Waals surface area (Å²) in [5.74, 6) is 1.78. The molecule has 0 radical (unpaired) electrons. The fourth-order valence-corrected chi connectivity index (χ4v) is 14.2. The van der Waals surface area contributed by atoms with Gasteiger partial charge in [-0.2, -0.15) is 0 Å². The van der Waals surface area contributed by atoms with Crippen molar-refractivity contribution in [3.8, 4) is 67.9 Å². The second-order valence-electron chi connectivity index (χ2n) is 19.3. The topological polar surface area (TPSA) is 61.4 Å². The van der Waals surface area contributed by atoms with Crippen LogP contribution >= 0.6 is 22.7 Å². The molecule has 0 unspecified atom stereocenters. The van der Waals surface area contributed by atoms with E-state index in [1.165, 1.54) is 61.9 Å². The van der Waals surface area contributed by atoms with Crippen molar-refractivity contribution < 1.29 is 0 Å². The largest absolute Gasteiger partial charge is 0.309 e. The van der Waals surface area contributed by atoms with E-state index in [-0.39, 0.29) is 0 Å². The van der Waals surface area contributed by atoms with E-state index in [2.05, 4.69) is 203 Å². The Morgan fingerprint density at radius 2 is 0.842 bits per heavy atom. The van der Waals surface area contributed by atoms with Crippen molar-refractivity contribution in [2.75, 3.05) is 0 Å². The molecule has 0 aliphatic rings.